The molecule has 5 rings (SSSR count). The van der Waals surface area contributed by atoms with E-state index in [9.17, 15) is 18.4 Å². The molecule has 0 unspecified atom stereocenters. The molecule has 12 heteroatoms. The first-order valence-electron chi connectivity index (χ1n) is 11.0. The number of amides is 1. The first-order chi connectivity index (χ1) is 17.1. The summed E-state index contributed by atoms with van der Waals surface area (Å²) in [5, 5.41) is 3.60. The highest BCUT2D eigenvalue weighted by atomic mass is 35.5. The van der Waals surface area contributed by atoms with Crippen LogP contribution in [0.2, 0.25) is 5.02 Å². The van der Waals surface area contributed by atoms with Gasteiger partial charge in [-0.15, -0.1) is 0 Å². The number of hydrogen-bond acceptors (Lipinski definition) is 7. The summed E-state index contributed by atoms with van der Waals surface area (Å²) in [6.07, 6.45) is 1.19. The lowest BCUT2D eigenvalue weighted by molar-refractivity contribution is -0.113. The highest BCUT2D eigenvalue weighted by Gasteiger charge is 2.47. The van der Waals surface area contributed by atoms with Crippen LogP contribution in [0.15, 0.2) is 59.5 Å². The monoisotopic (exact) mass is 511 g/mol. The van der Waals surface area contributed by atoms with Crippen molar-refractivity contribution in [3.05, 3.63) is 81.5 Å². The summed E-state index contributed by atoms with van der Waals surface area (Å²) >= 11 is 6.33. The molecular formula is C24H20ClF2N7O2. The van der Waals surface area contributed by atoms with E-state index in [1.165, 1.54) is 10.8 Å². The van der Waals surface area contributed by atoms with Gasteiger partial charge in [-0.25, -0.2) is 18.7 Å². The lowest BCUT2D eigenvalue weighted by atomic mass is 10.1. The molecule has 0 radical (unpaired) electrons. The lowest BCUT2D eigenvalue weighted by Gasteiger charge is -2.38. The minimum atomic E-state index is -2.92. The molecule has 1 saturated heterocycles. The van der Waals surface area contributed by atoms with Crippen molar-refractivity contribution in [3.8, 4) is 5.69 Å². The number of nitrogens with two attached hydrogens (primary N) is 1. The first kappa shape index (κ1) is 23.6. The van der Waals surface area contributed by atoms with Crippen molar-refractivity contribution in [3.63, 3.8) is 0 Å². The zero-order valence-electron chi connectivity index (χ0n) is 19.0. The molecule has 1 aliphatic heterocycles. The topological polar surface area (TPSA) is 119 Å². The Labute approximate surface area is 208 Å². The van der Waals surface area contributed by atoms with Gasteiger partial charge >= 0.3 is 0 Å². The number of aromatic nitrogens is 4. The van der Waals surface area contributed by atoms with Crippen LogP contribution in [0.4, 0.5) is 20.5 Å². The van der Waals surface area contributed by atoms with Crippen LogP contribution in [0.1, 0.15) is 29.1 Å². The van der Waals surface area contributed by atoms with E-state index in [4.69, 9.17) is 22.3 Å². The Hall–Kier alpha value is -4.12. The van der Waals surface area contributed by atoms with Gasteiger partial charge < -0.3 is 16.0 Å². The van der Waals surface area contributed by atoms with Crippen LogP contribution < -0.4 is 16.6 Å². The van der Waals surface area contributed by atoms with E-state index < -0.39 is 31.0 Å². The number of carbonyl (C=O) groups excluding carboxylic acids is 1. The van der Waals surface area contributed by atoms with Crippen LogP contribution in [0, 0.1) is 0 Å². The van der Waals surface area contributed by atoms with E-state index in [0.29, 0.717) is 17.0 Å². The van der Waals surface area contributed by atoms with E-state index in [1.807, 2.05) is 6.07 Å². The van der Waals surface area contributed by atoms with Gasteiger partial charge in [0, 0.05) is 6.20 Å². The molecule has 9 nitrogen and oxygen atoms in total. The third-order valence-electron chi connectivity index (χ3n) is 5.80. The zero-order valence-corrected chi connectivity index (χ0v) is 19.7. The molecule has 0 saturated carbocycles. The number of fused-ring (bicyclic) bond motifs is 1. The van der Waals surface area contributed by atoms with Crippen molar-refractivity contribution in [1.82, 2.24) is 24.4 Å². The van der Waals surface area contributed by atoms with Crippen LogP contribution in [0.25, 0.3) is 16.6 Å². The van der Waals surface area contributed by atoms with Gasteiger partial charge in [0.1, 0.15) is 17.2 Å². The molecule has 1 fully saturated rings. The normalized spacial score (nSPS) is 15.4. The maximum absolute atomic E-state index is 13.6. The van der Waals surface area contributed by atoms with E-state index in [0.717, 1.165) is 4.90 Å². The fraction of sp³-hybridized carbons (Fsp3) is 0.208. The quantitative estimate of drug-likeness (QED) is 0.419. The van der Waals surface area contributed by atoms with Crippen LogP contribution in [0.3, 0.4) is 0 Å². The van der Waals surface area contributed by atoms with Crippen LogP contribution >= 0.6 is 11.6 Å². The van der Waals surface area contributed by atoms with Gasteiger partial charge in [-0.3, -0.25) is 14.2 Å². The van der Waals surface area contributed by atoms with E-state index in [1.54, 1.807) is 49.4 Å². The fourth-order valence-corrected chi connectivity index (χ4v) is 4.33. The molecule has 2 aromatic carbocycles. The Kier molecular flexibility index (Phi) is 5.79. The van der Waals surface area contributed by atoms with Gasteiger partial charge in [0.15, 0.2) is 0 Å². The largest absolute Gasteiger partial charge is 0.368 e. The summed E-state index contributed by atoms with van der Waals surface area (Å²) in [6, 6.07) is 13.2. The Bertz CT molecular complexity index is 1540. The van der Waals surface area contributed by atoms with E-state index >= 15 is 0 Å². The molecule has 4 aromatic rings. The Morgan fingerprint density at radius 3 is 2.56 bits per heavy atom. The van der Waals surface area contributed by atoms with E-state index in [2.05, 4.69) is 15.3 Å². The molecule has 1 atom stereocenters. The van der Waals surface area contributed by atoms with Gasteiger partial charge in [0.05, 0.1) is 40.7 Å². The Morgan fingerprint density at radius 1 is 1.14 bits per heavy atom. The molecule has 0 bridgehead atoms. The summed E-state index contributed by atoms with van der Waals surface area (Å²) in [6.45, 7) is 0.347. The number of likely N-dealkylation sites (tertiary alicyclic amines) is 1. The van der Waals surface area contributed by atoms with Crippen molar-refractivity contribution in [2.24, 2.45) is 0 Å². The highest BCUT2D eigenvalue weighted by Crippen LogP contribution is 2.30. The Morgan fingerprint density at radius 2 is 1.86 bits per heavy atom. The van der Waals surface area contributed by atoms with Crippen molar-refractivity contribution < 1.29 is 13.6 Å². The molecule has 184 valence electrons. The smallest absolute Gasteiger partial charge is 0.282 e. The average molecular weight is 512 g/mol. The number of halogens is 3. The SMILES string of the molecule is C[C@@H](Nc1nc(N)ncc1C(=O)N1CC(F)(F)C1)c1nc2cccc(Cl)c2c(=O)n1-c1ccccc1. The van der Waals surface area contributed by atoms with Crippen molar-refractivity contribution in [1.29, 1.82) is 0 Å². The fourth-order valence-electron chi connectivity index (χ4n) is 4.08. The van der Waals surface area contributed by atoms with E-state index in [-0.39, 0.29) is 33.3 Å². The first-order valence-corrected chi connectivity index (χ1v) is 11.4. The summed E-state index contributed by atoms with van der Waals surface area (Å²) in [4.78, 5) is 40.1. The highest BCUT2D eigenvalue weighted by molar-refractivity contribution is 6.35. The number of benzene rings is 2. The van der Waals surface area contributed by atoms with Gasteiger partial charge in [-0.1, -0.05) is 35.9 Å². The van der Waals surface area contributed by atoms with Gasteiger partial charge in [0.25, 0.3) is 17.4 Å². The average Bonchev–Trinajstić information content (AvgIpc) is 2.82. The molecular weight excluding hydrogens is 492 g/mol. The third kappa shape index (κ3) is 4.22. The van der Waals surface area contributed by atoms with Crippen LogP contribution in [-0.4, -0.2) is 49.3 Å². The second kappa shape index (κ2) is 8.83. The second-order valence-electron chi connectivity index (χ2n) is 8.45. The Balaban J connectivity index is 1.59. The number of alkyl halides is 2. The maximum atomic E-state index is 13.6. The minimum Gasteiger partial charge on any atom is -0.368 e. The molecule has 3 N–H and O–H groups in total. The number of nitrogen functional groups attached to an aromatic ring is 1. The van der Waals surface area contributed by atoms with Crippen molar-refractivity contribution >= 4 is 40.2 Å². The molecule has 1 aliphatic rings. The summed E-state index contributed by atoms with van der Waals surface area (Å²) in [5.41, 5.74) is 6.30. The summed E-state index contributed by atoms with van der Waals surface area (Å²) in [7, 11) is 0. The molecule has 3 heterocycles. The number of para-hydroxylation sites is 1. The lowest BCUT2D eigenvalue weighted by Crippen LogP contribution is -2.58. The third-order valence-corrected chi connectivity index (χ3v) is 6.11. The van der Waals surface area contributed by atoms with Crippen molar-refractivity contribution in [2.75, 3.05) is 24.1 Å². The van der Waals surface area contributed by atoms with Crippen LogP contribution in [-0.2, 0) is 0 Å². The number of hydrogen-bond donors (Lipinski definition) is 2. The van der Waals surface area contributed by atoms with Gasteiger partial charge in [-0.2, -0.15) is 4.98 Å². The molecule has 1 amide bonds. The van der Waals surface area contributed by atoms with Gasteiger partial charge in [-0.05, 0) is 31.2 Å². The minimum absolute atomic E-state index is 0.0241. The number of nitrogens with one attached hydrogen (secondary N) is 1. The second-order valence-corrected chi connectivity index (χ2v) is 8.86. The number of nitrogens with zero attached hydrogens (tertiary/aromatic N) is 5. The molecule has 36 heavy (non-hydrogen) atoms. The van der Waals surface area contributed by atoms with Crippen molar-refractivity contribution in [2.45, 2.75) is 18.9 Å². The standard InChI is InChI=1S/C24H20ClF2N7O2/c1-13(30-19-15(10-29-23(28)32-19)21(35)33-11-24(26,27)12-33)20-31-17-9-5-8-16(25)18(17)22(36)34(20)14-6-3-2-4-7-14/h2-10,13H,11-12H2,1H3,(H3,28,29,30,32)/t13-/m1/s1. The molecule has 0 aliphatic carbocycles. The van der Waals surface area contributed by atoms with Crippen LogP contribution in [0.5, 0.6) is 0 Å². The number of anilines is 2. The molecule has 2 aromatic heterocycles. The maximum Gasteiger partial charge on any atom is 0.282 e. The summed E-state index contributed by atoms with van der Waals surface area (Å²) < 4.78 is 28.1. The number of rotatable bonds is 5. The predicted octanol–water partition coefficient (Wildman–Crippen LogP) is 3.68. The molecule has 0 spiro atoms. The summed E-state index contributed by atoms with van der Waals surface area (Å²) in [5.74, 6) is -3.35. The predicted molar refractivity (Wildman–Crippen MR) is 132 cm³/mol. The zero-order chi connectivity index (χ0) is 25.6. The van der Waals surface area contributed by atoms with Gasteiger partial charge in [0.2, 0.25) is 5.95 Å². The number of carbonyl (C=O) groups is 1.